The first-order chi connectivity index (χ1) is 9.19. The minimum absolute atomic E-state index is 0.512. The van der Waals surface area contributed by atoms with Crippen LogP contribution in [-0.4, -0.2) is 13.2 Å². The SMILES string of the molecule is CCCCCCC(C)NCc1c(Cl)cccc1OC. The number of methoxy groups -OCH3 is 1. The smallest absolute Gasteiger partial charge is 0.124 e. The molecule has 0 fully saturated rings. The lowest BCUT2D eigenvalue weighted by molar-refractivity contribution is 0.404. The van der Waals surface area contributed by atoms with Gasteiger partial charge in [-0.25, -0.2) is 0 Å². The molecule has 2 nitrogen and oxygen atoms in total. The summed E-state index contributed by atoms with van der Waals surface area (Å²) in [4.78, 5) is 0. The summed E-state index contributed by atoms with van der Waals surface area (Å²) in [5.41, 5.74) is 1.05. The molecule has 108 valence electrons. The van der Waals surface area contributed by atoms with Crippen LogP contribution in [0, 0.1) is 0 Å². The summed E-state index contributed by atoms with van der Waals surface area (Å²) >= 11 is 6.22. The zero-order valence-electron chi connectivity index (χ0n) is 12.3. The minimum Gasteiger partial charge on any atom is -0.496 e. The summed E-state index contributed by atoms with van der Waals surface area (Å²) in [6.45, 7) is 5.23. The van der Waals surface area contributed by atoms with Gasteiger partial charge >= 0.3 is 0 Å². The average Bonchev–Trinajstić information content (AvgIpc) is 2.42. The van der Waals surface area contributed by atoms with Crippen LogP contribution in [0.1, 0.15) is 51.5 Å². The standard InChI is InChI=1S/C16H26ClNO/c1-4-5-6-7-9-13(2)18-12-14-15(17)10-8-11-16(14)19-3/h8,10-11,13,18H,4-7,9,12H2,1-3H3. The second-order valence-electron chi connectivity index (χ2n) is 5.05. The van der Waals surface area contributed by atoms with Crippen molar-refractivity contribution in [3.8, 4) is 5.75 Å². The van der Waals surface area contributed by atoms with Crippen LogP contribution in [0.2, 0.25) is 5.02 Å². The Morgan fingerprint density at radius 2 is 2.05 bits per heavy atom. The molecule has 0 spiro atoms. The third-order valence-corrected chi connectivity index (χ3v) is 3.77. The number of hydrogen-bond acceptors (Lipinski definition) is 2. The molecular formula is C16H26ClNO. The van der Waals surface area contributed by atoms with Gasteiger partial charge in [0.2, 0.25) is 0 Å². The quantitative estimate of drug-likeness (QED) is 0.658. The summed E-state index contributed by atoms with van der Waals surface area (Å²) in [7, 11) is 1.68. The number of hydrogen-bond donors (Lipinski definition) is 1. The predicted molar refractivity (Wildman–Crippen MR) is 83.1 cm³/mol. The van der Waals surface area contributed by atoms with Crippen LogP contribution in [0.5, 0.6) is 5.75 Å². The number of nitrogens with one attached hydrogen (secondary N) is 1. The van der Waals surface area contributed by atoms with Gasteiger partial charge < -0.3 is 10.1 Å². The Hall–Kier alpha value is -0.730. The van der Waals surface area contributed by atoms with Crippen LogP contribution in [0.3, 0.4) is 0 Å². The summed E-state index contributed by atoms with van der Waals surface area (Å²) in [5.74, 6) is 0.859. The Bertz CT molecular complexity index is 368. The fourth-order valence-electron chi connectivity index (χ4n) is 2.16. The average molecular weight is 284 g/mol. The molecule has 1 N–H and O–H groups in total. The lowest BCUT2D eigenvalue weighted by Crippen LogP contribution is -2.25. The van der Waals surface area contributed by atoms with Crippen molar-refractivity contribution in [3.05, 3.63) is 28.8 Å². The van der Waals surface area contributed by atoms with Crippen molar-refractivity contribution < 1.29 is 4.74 Å². The molecule has 1 aromatic rings. The van der Waals surface area contributed by atoms with E-state index in [0.29, 0.717) is 6.04 Å². The number of halogens is 1. The molecule has 0 aliphatic carbocycles. The highest BCUT2D eigenvalue weighted by Crippen LogP contribution is 2.26. The molecule has 0 aromatic heterocycles. The summed E-state index contributed by atoms with van der Waals surface area (Å²) in [6, 6.07) is 6.29. The monoisotopic (exact) mass is 283 g/mol. The highest BCUT2D eigenvalue weighted by Gasteiger charge is 2.09. The lowest BCUT2D eigenvalue weighted by atomic mass is 10.1. The van der Waals surface area contributed by atoms with E-state index in [-0.39, 0.29) is 0 Å². The third-order valence-electron chi connectivity index (χ3n) is 3.41. The molecule has 1 aromatic carbocycles. The summed E-state index contributed by atoms with van der Waals surface area (Å²) in [6.07, 6.45) is 6.47. The van der Waals surface area contributed by atoms with Gasteiger partial charge in [0.15, 0.2) is 0 Å². The number of ether oxygens (including phenoxy) is 1. The first-order valence-electron chi connectivity index (χ1n) is 7.23. The number of rotatable bonds is 9. The van der Waals surface area contributed by atoms with E-state index in [2.05, 4.69) is 19.2 Å². The van der Waals surface area contributed by atoms with E-state index in [9.17, 15) is 0 Å². The largest absolute Gasteiger partial charge is 0.496 e. The van der Waals surface area contributed by atoms with Gasteiger partial charge in [0.1, 0.15) is 5.75 Å². The van der Waals surface area contributed by atoms with Gasteiger partial charge in [0, 0.05) is 23.2 Å². The number of unbranched alkanes of at least 4 members (excludes halogenated alkanes) is 3. The van der Waals surface area contributed by atoms with Gasteiger partial charge in [-0.3, -0.25) is 0 Å². The van der Waals surface area contributed by atoms with Crippen LogP contribution >= 0.6 is 11.6 Å². The first kappa shape index (κ1) is 16.3. The molecule has 0 amide bonds. The van der Waals surface area contributed by atoms with E-state index in [1.54, 1.807) is 7.11 Å². The van der Waals surface area contributed by atoms with Crippen LogP contribution in [0.25, 0.3) is 0 Å². The van der Waals surface area contributed by atoms with Crippen molar-refractivity contribution in [1.29, 1.82) is 0 Å². The Kier molecular flexibility index (Phi) is 7.92. The molecule has 0 saturated carbocycles. The normalized spacial score (nSPS) is 12.4. The lowest BCUT2D eigenvalue weighted by Gasteiger charge is -2.16. The van der Waals surface area contributed by atoms with Gasteiger partial charge in [-0.15, -0.1) is 0 Å². The van der Waals surface area contributed by atoms with E-state index in [1.807, 2.05) is 18.2 Å². The maximum Gasteiger partial charge on any atom is 0.124 e. The first-order valence-corrected chi connectivity index (χ1v) is 7.61. The van der Waals surface area contributed by atoms with Gasteiger partial charge in [-0.2, -0.15) is 0 Å². The highest BCUT2D eigenvalue weighted by atomic mass is 35.5. The molecule has 1 atom stereocenters. The summed E-state index contributed by atoms with van der Waals surface area (Å²) in [5, 5.41) is 4.30. The molecule has 0 aliphatic heterocycles. The molecule has 0 radical (unpaired) electrons. The maximum atomic E-state index is 6.22. The van der Waals surface area contributed by atoms with Gasteiger partial charge in [0.25, 0.3) is 0 Å². The summed E-state index contributed by atoms with van der Waals surface area (Å²) < 4.78 is 5.35. The van der Waals surface area contributed by atoms with E-state index in [0.717, 1.165) is 22.9 Å². The van der Waals surface area contributed by atoms with Crippen molar-refractivity contribution >= 4 is 11.6 Å². The van der Waals surface area contributed by atoms with E-state index in [4.69, 9.17) is 16.3 Å². The number of benzene rings is 1. The molecule has 0 bridgehead atoms. The molecule has 3 heteroatoms. The van der Waals surface area contributed by atoms with Crippen LogP contribution in [-0.2, 0) is 6.54 Å². The topological polar surface area (TPSA) is 21.3 Å². The molecule has 19 heavy (non-hydrogen) atoms. The Labute approximate surface area is 122 Å². The molecular weight excluding hydrogens is 258 g/mol. The van der Waals surface area contributed by atoms with Gasteiger partial charge in [-0.05, 0) is 25.5 Å². The fourth-order valence-corrected chi connectivity index (χ4v) is 2.39. The van der Waals surface area contributed by atoms with Crippen molar-refractivity contribution in [2.45, 2.75) is 58.5 Å². The minimum atomic E-state index is 0.512. The van der Waals surface area contributed by atoms with Crippen molar-refractivity contribution in [2.24, 2.45) is 0 Å². The zero-order valence-corrected chi connectivity index (χ0v) is 13.1. The molecule has 0 saturated heterocycles. The second-order valence-corrected chi connectivity index (χ2v) is 5.46. The van der Waals surface area contributed by atoms with Crippen molar-refractivity contribution in [2.75, 3.05) is 7.11 Å². The maximum absolute atomic E-state index is 6.22. The Morgan fingerprint density at radius 3 is 2.74 bits per heavy atom. The van der Waals surface area contributed by atoms with Crippen LogP contribution in [0.15, 0.2) is 18.2 Å². The van der Waals surface area contributed by atoms with Crippen LogP contribution in [0.4, 0.5) is 0 Å². The van der Waals surface area contributed by atoms with E-state index in [1.165, 1.54) is 32.1 Å². The van der Waals surface area contributed by atoms with Crippen molar-refractivity contribution in [1.82, 2.24) is 5.32 Å². The fraction of sp³-hybridized carbons (Fsp3) is 0.625. The predicted octanol–water partition coefficient (Wildman–Crippen LogP) is 4.80. The molecule has 0 aliphatic rings. The third kappa shape index (κ3) is 5.84. The molecule has 0 heterocycles. The van der Waals surface area contributed by atoms with Crippen LogP contribution < -0.4 is 10.1 Å². The Balaban J connectivity index is 2.39. The molecule has 1 unspecified atom stereocenters. The van der Waals surface area contributed by atoms with E-state index >= 15 is 0 Å². The van der Waals surface area contributed by atoms with E-state index < -0.39 is 0 Å². The zero-order chi connectivity index (χ0) is 14.1. The Morgan fingerprint density at radius 1 is 1.26 bits per heavy atom. The van der Waals surface area contributed by atoms with Gasteiger partial charge in [0.05, 0.1) is 7.11 Å². The van der Waals surface area contributed by atoms with Crippen molar-refractivity contribution in [3.63, 3.8) is 0 Å². The molecule has 1 rings (SSSR count). The highest BCUT2D eigenvalue weighted by molar-refractivity contribution is 6.31. The second kappa shape index (κ2) is 9.22. The van der Waals surface area contributed by atoms with Gasteiger partial charge in [-0.1, -0.05) is 50.3 Å².